The van der Waals surface area contributed by atoms with Gasteiger partial charge < -0.3 is 9.72 Å². The molecule has 0 radical (unpaired) electrons. The lowest BCUT2D eigenvalue weighted by Crippen LogP contribution is -2.09. The first-order valence-electron chi connectivity index (χ1n) is 5.88. The van der Waals surface area contributed by atoms with E-state index in [1.807, 2.05) is 0 Å². The summed E-state index contributed by atoms with van der Waals surface area (Å²) >= 11 is 3.35. The van der Waals surface area contributed by atoms with Gasteiger partial charge in [0, 0.05) is 17.1 Å². The second kappa shape index (κ2) is 4.56. The number of halogens is 2. The molecule has 2 aromatic heterocycles. The van der Waals surface area contributed by atoms with Gasteiger partial charge in [0.25, 0.3) is 5.56 Å². The van der Waals surface area contributed by atoms with Crippen molar-refractivity contribution in [1.82, 2.24) is 9.97 Å². The molecule has 6 heteroatoms. The number of ether oxygens (including phenoxy) is 1. The highest BCUT2D eigenvalue weighted by molar-refractivity contribution is 9.10. The number of H-pyrrole nitrogens is 1. The molecule has 0 bridgehead atoms. The number of hydrogen-bond donors (Lipinski definition) is 1. The molecule has 1 N–H and O–H groups in total. The van der Waals surface area contributed by atoms with Crippen molar-refractivity contribution >= 4 is 37.7 Å². The number of hydrogen-bond acceptors (Lipinski definition) is 3. The summed E-state index contributed by atoms with van der Waals surface area (Å²) in [6.07, 6.45) is 1.60. The molecule has 102 valence electrons. The first kappa shape index (κ1) is 13.1. The summed E-state index contributed by atoms with van der Waals surface area (Å²) < 4.78 is 19.8. The van der Waals surface area contributed by atoms with Crippen LogP contribution < -0.4 is 10.3 Å². The number of methoxy groups -OCH3 is 1. The Kier molecular flexibility index (Phi) is 2.97. The van der Waals surface area contributed by atoms with Crippen LogP contribution in [0, 0.1) is 12.7 Å². The summed E-state index contributed by atoms with van der Waals surface area (Å²) in [5.74, 6) is -0.396. The molecule has 0 aliphatic carbocycles. The molecule has 0 aliphatic heterocycles. The molecule has 0 saturated heterocycles. The summed E-state index contributed by atoms with van der Waals surface area (Å²) in [4.78, 5) is 19.0. The predicted molar refractivity (Wildman–Crippen MR) is 78.8 cm³/mol. The Bertz CT molecular complexity index is 905. The summed E-state index contributed by atoms with van der Waals surface area (Å²) in [5.41, 5.74) is 0.968. The van der Waals surface area contributed by atoms with E-state index in [1.54, 1.807) is 25.3 Å². The number of pyridine rings is 2. The topological polar surface area (TPSA) is 55.0 Å². The second-order valence-corrected chi connectivity index (χ2v) is 5.18. The van der Waals surface area contributed by atoms with E-state index in [-0.39, 0.29) is 11.3 Å². The van der Waals surface area contributed by atoms with E-state index in [2.05, 4.69) is 25.9 Å². The minimum absolute atomic E-state index is 0.106. The van der Waals surface area contributed by atoms with Gasteiger partial charge >= 0.3 is 0 Å². The largest absolute Gasteiger partial charge is 0.492 e. The lowest BCUT2D eigenvalue weighted by atomic mass is 10.1. The minimum Gasteiger partial charge on any atom is -0.492 e. The summed E-state index contributed by atoms with van der Waals surface area (Å²) in [6, 6.07) is 3.36. The first-order chi connectivity index (χ1) is 9.56. The van der Waals surface area contributed by atoms with E-state index in [4.69, 9.17) is 4.74 Å². The second-order valence-electron chi connectivity index (χ2n) is 4.39. The average molecular weight is 337 g/mol. The van der Waals surface area contributed by atoms with Crippen LogP contribution in [0.4, 0.5) is 4.39 Å². The Balaban J connectivity index is 2.70. The highest BCUT2D eigenvalue weighted by atomic mass is 79.9. The summed E-state index contributed by atoms with van der Waals surface area (Å²) in [7, 11) is 1.40. The molecule has 0 saturated carbocycles. The van der Waals surface area contributed by atoms with E-state index >= 15 is 0 Å². The van der Waals surface area contributed by atoms with Crippen molar-refractivity contribution < 1.29 is 9.13 Å². The quantitative estimate of drug-likeness (QED) is 0.693. The fraction of sp³-hybridized carbons (Fsp3) is 0.143. The molecule has 20 heavy (non-hydrogen) atoms. The van der Waals surface area contributed by atoms with Crippen LogP contribution in [0.25, 0.3) is 21.8 Å². The molecule has 0 spiro atoms. The van der Waals surface area contributed by atoms with Crippen molar-refractivity contribution in [3.63, 3.8) is 0 Å². The molecule has 3 aromatic rings. The van der Waals surface area contributed by atoms with Crippen molar-refractivity contribution in [2.75, 3.05) is 7.11 Å². The molecule has 0 unspecified atom stereocenters. The standard InChI is InChI=1S/C14H10BrFN2O2/c1-6-10(16)13(20-2)9(15)8-11(6)18-14(19)7-4-3-5-17-12(7)8/h3-5H,1-2H3,(H,18,19). The van der Waals surface area contributed by atoms with Crippen LogP contribution in [0.1, 0.15) is 5.56 Å². The molecule has 0 aliphatic rings. The minimum atomic E-state index is -0.502. The third-order valence-electron chi connectivity index (χ3n) is 3.30. The van der Waals surface area contributed by atoms with Crippen LogP contribution in [0.15, 0.2) is 27.6 Å². The fourth-order valence-corrected chi connectivity index (χ4v) is 3.04. The van der Waals surface area contributed by atoms with E-state index in [0.717, 1.165) is 0 Å². The number of aromatic amines is 1. The maximum atomic E-state index is 14.2. The van der Waals surface area contributed by atoms with Crippen LogP contribution in [0.5, 0.6) is 5.75 Å². The van der Waals surface area contributed by atoms with Crippen molar-refractivity contribution in [2.45, 2.75) is 6.92 Å². The van der Waals surface area contributed by atoms with Gasteiger partial charge in [-0.05, 0) is 35.0 Å². The van der Waals surface area contributed by atoms with E-state index in [9.17, 15) is 9.18 Å². The maximum absolute atomic E-state index is 14.2. The fourth-order valence-electron chi connectivity index (χ4n) is 2.31. The normalized spacial score (nSPS) is 11.2. The molecule has 2 heterocycles. The molecular weight excluding hydrogens is 327 g/mol. The maximum Gasteiger partial charge on any atom is 0.257 e. The molecule has 0 amide bonds. The van der Waals surface area contributed by atoms with Crippen molar-refractivity contribution in [2.24, 2.45) is 0 Å². The van der Waals surface area contributed by atoms with Crippen molar-refractivity contribution in [3.05, 3.63) is 44.5 Å². The van der Waals surface area contributed by atoms with Crippen LogP contribution >= 0.6 is 15.9 Å². The molecule has 0 atom stereocenters. The monoisotopic (exact) mass is 336 g/mol. The number of nitrogens with one attached hydrogen (secondary N) is 1. The molecule has 4 nitrogen and oxygen atoms in total. The average Bonchev–Trinajstić information content (AvgIpc) is 2.45. The van der Waals surface area contributed by atoms with Gasteiger partial charge in [0.15, 0.2) is 11.6 Å². The van der Waals surface area contributed by atoms with Gasteiger partial charge in [0.05, 0.1) is 28.0 Å². The third kappa shape index (κ3) is 1.64. The van der Waals surface area contributed by atoms with E-state index in [0.29, 0.717) is 31.8 Å². The van der Waals surface area contributed by atoms with Crippen LogP contribution in [0.3, 0.4) is 0 Å². The van der Waals surface area contributed by atoms with Crippen LogP contribution in [-0.4, -0.2) is 17.1 Å². The molecular formula is C14H10BrFN2O2. The zero-order valence-corrected chi connectivity index (χ0v) is 12.3. The van der Waals surface area contributed by atoms with Gasteiger partial charge in [0.1, 0.15) is 0 Å². The van der Waals surface area contributed by atoms with Crippen LogP contribution in [0.2, 0.25) is 0 Å². The van der Waals surface area contributed by atoms with Crippen molar-refractivity contribution in [1.29, 1.82) is 0 Å². The molecule has 3 rings (SSSR count). The lowest BCUT2D eigenvalue weighted by Gasteiger charge is -2.13. The van der Waals surface area contributed by atoms with Gasteiger partial charge in [-0.25, -0.2) is 4.39 Å². The SMILES string of the molecule is COc1c(F)c(C)c2[nH]c(=O)c3cccnc3c2c1Br. The Morgan fingerprint density at radius 1 is 1.45 bits per heavy atom. The van der Waals surface area contributed by atoms with Gasteiger partial charge in [-0.15, -0.1) is 0 Å². The Morgan fingerprint density at radius 3 is 2.90 bits per heavy atom. The van der Waals surface area contributed by atoms with Gasteiger partial charge in [-0.2, -0.15) is 0 Å². The number of rotatable bonds is 1. The molecule has 0 fully saturated rings. The van der Waals surface area contributed by atoms with Crippen molar-refractivity contribution in [3.8, 4) is 5.75 Å². The summed E-state index contributed by atoms with van der Waals surface area (Å²) in [6.45, 7) is 1.59. The predicted octanol–water partition coefficient (Wildman–Crippen LogP) is 3.29. The van der Waals surface area contributed by atoms with E-state index in [1.165, 1.54) is 7.11 Å². The lowest BCUT2D eigenvalue weighted by molar-refractivity contribution is 0.383. The third-order valence-corrected chi connectivity index (χ3v) is 4.06. The zero-order chi connectivity index (χ0) is 14.4. The number of aromatic nitrogens is 2. The number of benzene rings is 1. The Hall–Kier alpha value is -1.95. The number of nitrogens with zero attached hydrogens (tertiary/aromatic N) is 1. The van der Waals surface area contributed by atoms with Gasteiger partial charge in [-0.3, -0.25) is 9.78 Å². The smallest absolute Gasteiger partial charge is 0.257 e. The summed E-state index contributed by atoms with van der Waals surface area (Å²) in [5, 5.41) is 1.09. The zero-order valence-electron chi connectivity index (χ0n) is 10.8. The van der Waals surface area contributed by atoms with Gasteiger partial charge in [-0.1, -0.05) is 0 Å². The Morgan fingerprint density at radius 2 is 2.20 bits per heavy atom. The highest BCUT2D eigenvalue weighted by Crippen LogP contribution is 2.39. The van der Waals surface area contributed by atoms with Gasteiger partial charge in [0.2, 0.25) is 0 Å². The van der Waals surface area contributed by atoms with Crippen LogP contribution in [-0.2, 0) is 0 Å². The number of aryl methyl sites for hydroxylation is 1. The van der Waals surface area contributed by atoms with E-state index < -0.39 is 5.82 Å². The molecule has 1 aromatic carbocycles. The first-order valence-corrected chi connectivity index (χ1v) is 6.67. The highest BCUT2D eigenvalue weighted by Gasteiger charge is 2.20. The number of fused-ring (bicyclic) bond motifs is 3. The Labute approximate surface area is 121 Å².